The van der Waals surface area contributed by atoms with Crippen LogP contribution in [0.3, 0.4) is 0 Å². The number of nitrogens with one attached hydrogen (secondary N) is 2. The van der Waals surface area contributed by atoms with Crippen LogP contribution in [0.1, 0.15) is 45.4 Å². The first kappa shape index (κ1) is 12.7. The first-order chi connectivity index (χ1) is 8.10. The minimum atomic E-state index is -0.278. The maximum Gasteiger partial charge on any atom is 0.314 e. The standard InChI is InChI=1S/C13H24N2O2/c1-13(7-3-2-4-11(13)16)9-15-12(17)14-8-10-5-6-10/h10-11,16H,2-9H2,1H3,(H2,14,15,17). The van der Waals surface area contributed by atoms with Gasteiger partial charge in [-0.2, -0.15) is 0 Å². The Bertz CT molecular complexity index is 279. The van der Waals surface area contributed by atoms with E-state index in [0.717, 1.165) is 32.2 Å². The zero-order valence-corrected chi connectivity index (χ0v) is 10.7. The Morgan fingerprint density at radius 3 is 2.71 bits per heavy atom. The molecule has 17 heavy (non-hydrogen) atoms. The second kappa shape index (κ2) is 5.25. The van der Waals surface area contributed by atoms with Crippen molar-refractivity contribution in [2.75, 3.05) is 13.1 Å². The van der Waals surface area contributed by atoms with E-state index in [0.29, 0.717) is 12.5 Å². The summed E-state index contributed by atoms with van der Waals surface area (Å²) in [7, 11) is 0. The van der Waals surface area contributed by atoms with Crippen molar-refractivity contribution in [3.63, 3.8) is 0 Å². The average molecular weight is 240 g/mol. The summed E-state index contributed by atoms with van der Waals surface area (Å²) in [5.41, 5.74) is -0.144. The Hall–Kier alpha value is -0.770. The van der Waals surface area contributed by atoms with E-state index < -0.39 is 0 Å². The molecule has 0 radical (unpaired) electrons. The molecule has 2 aliphatic rings. The third-order valence-electron chi connectivity index (χ3n) is 4.18. The molecule has 0 spiro atoms. The molecule has 0 heterocycles. The molecule has 0 aromatic rings. The molecular formula is C13H24N2O2. The van der Waals surface area contributed by atoms with Gasteiger partial charge in [-0.15, -0.1) is 0 Å². The third kappa shape index (κ3) is 3.60. The predicted octanol–water partition coefficient (Wildman–Crippen LogP) is 1.64. The summed E-state index contributed by atoms with van der Waals surface area (Å²) in [6.45, 7) is 3.44. The number of amides is 2. The summed E-state index contributed by atoms with van der Waals surface area (Å²) in [6, 6.07) is -0.0871. The molecule has 2 unspecified atom stereocenters. The highest BCUT2D eigenvalue weighted by Gasteiger charge is 2.35. The topological polar surface area (TPSA) is 61.4 Å². The smallest absolute Gasteiger partial charge is 0.314 e. The van der Waals surface area contributed by atoms with Gasteiger partial charge in [0.15, 0.2) is 0 Å². The summed E-state index contributed by atoms with van der Waals surface area (Å²) in [4.78, 5) is 11.6. The lowest BCUT2D eigenvalue weighted by Gasteiger charge is -2.38. The number of hydrogen-bond acceptors (Lipinski definition) is 2. The lowest BCUT2D eigenvalue weighted by molar-refractivity contribution is 0.00309. The van der Waals surface area contributed by atoms with E-state index >= 15 is 0 Å². The maximum atomic E-state index is 11.6. The first-order valence-electron chi connectivity index (χ1n) is 6.80. The molecule has 2 fully saturated rings. The molecule has 4 nitrogen and oxygen atoms in total. The Labute approximate surface area is 103 Å². The highest BCUT2D eigenvalue weighted by atomic mass is 16.3. The van der Waals surface area contributed by atoms with Gasteiger partial charge in [-0.1, -0.05) is 19.8 Å². The zero-order chi connectivity index (χ0) is 12.3. The third-order valence-corrected chi connectivity index (χ3v) is 4.18. The van der Waals surface area contributed by atoms with Crippen LogP contribution in [0.15, 0.2) is 0 Å². The van der Waals surface area contributed by atoms with E-state index in [1.165, 1.54) is 12.8 Å². The van der Waals surface area contributed by atoms with Gasteiger partial charge in [0.25, 0.3) is 0 Å². The van der Waals surface area contributed by atoms with Gasteiger partial charge in [-0.05, 0) is 31.6 Å². The molecule has 2 saturated carbocycles. The van der Waals surface area contributed by atoms with Crippen molar-refractivity contribution in [3.05, 3.63) is 0 Å². The van der Waals surface area contributed by atoms with E-state index in [-0.39, 0.29) is 17.6 Å². The summed E-state index contributed by atoms with van der Waals surface area (Å²) in [6.07, 6.45) is 6.33. The van der Waals surface area contributed by atoms with Gasteiger partial charge in [0.05, 0.1) is 6.10 Å². The minimum Gasteiger partial charge on any atom is -0.392 e. The number of urea groups is 1. The quantitative estimate of drug-likeness (QED) is 0.699. The van der Waals surface area contributed by atoms with Gasteiger partial charge in [0.1, 0.15) is 0 Å². The van der Waals surface area contributed by atoms with Gasteiger partial charge in [0.2, 0.25) is 0 Å². The van der Waals surface area contributed by atoms with E-state index in [4.69, 9.17) is 0 Å². The number of carbonyl (C=O) groups excluding carboxylic acids is 1. The minimum absolute atomic E-state index is 0.0871. The Morgan fingerprint density at radius 1 is 1.29 bits per heavy atom. The van der Waals surface area contributed by atoms with Crippen LogP contribution in [-0.4, -0.2) is 30.3 Å². The normalized spacial score (nSPS) is 33.2. The van der Waals surface area contributed by atoms with Crippen molar-refractivity contribution in [2.45, 2.75) is 51.6 Å². The molecule has 98 valence electrons. The van der Waals surface area contributed by atoms with E-state index in [1.54, 1.807) is 0 Å². The Morgan fingerprint density at radius 2 is 2.06 bits per heavy atom. The number of hydrogen-bond donors (Lipinski definition) is 3. The number of aliphatic hydroxyl groups is 1. The molecule has 0 saturated heterocycles. The van der Waals surface area contributed by atoms with Crippen molar-refractivity contribution in [3.8, 4) is 0 Å². The number of carbonyl (C=O) groups is 1. The molecule has 2 amide bonds. The van der Waals surface area contributed by atoms with Gasteiger partial charge >= 0.3 is 6.03 Å². The van der Waals surface area contributed by atoms with E-state index in [9.17, 15) is 9.90 Å². The van der Waals surface area contributed by atoms with Gasteiger partial charge in [-0.3, -0.25) is 0 Å². The van der Waals surface area contributed by atoms with Crippen molar-refractivity contribution >= 4 is 6.03 Å². The van der Waals surface area contributed by atoms with Crippen LogP contribution in [0.2, 0.25) is 0 Å². The van der Waals surface area contributed by atoms with Crippen LogP contribution >= 0.6 is 0 Å². The highest BCUT2D eigenvalue weighted by molar-refractivity contribution is 5.73. The largest absolute Gasteiger partial charge is 0.392 e. The highest BCUT2D eigenvalue weighted by Crippen LogP contribution is 2.35. The van der Waals surface area contributed by atoms with Crippen LogP contribution in [0, 0.1) is 11.3 Å². The predicted molar refractivity (Wildman–Crippen MR) is 66.7 cm³/mol. The van der Waals surface area contributed by atoms with Crippen LogP contribution in [0.25, 0.3) is 0 Å². The number of aliphatic hydroxyl groups excluding tert-OH is 1. The summed E-state index contributed by atoms with van der Waals surface area (Å²) >= 11 is 0. The molecule has 2 rings (SSSR count). The van der Waals surface area contributed by atoms with Crippen LogP contribution in [0.4, 0.5) is 4.79 Å². The molecule has 4 heteroatoms. The van der Waals surface area contributed by atoms with Crippen molar-refractivity contribution in [2.24, 2.45) is 11.3 Å². The lowest BCUT2D eigenvalue weighted by Crippen LogP contribution is -2.47. The SMILES string of the molecule is CC1(CNC(=O)NCC2CC2)CCCCC1O. The molecule has 0 bridgehead atoms. The van der Waals surface area contributed by atoms with E-state index in [2.05, 4.69) is 17.6 Å². The van der Waals surface area contributed by atoms with Crippen molar-refractivity contribution in [1.29, 1.82) is 0 Å². The fourth-order valence-electron chi connectivity index (χ4n) is 2.49. The van der Waals surface area contributed by atoms with Crippen molar-refractivity contribution in [1.82, 2.24) is 10.6 Å². The second-order valence-electron chi connectivity index (χ2n) is 5.92. The summed E-state index contributed by atoms with van der Waals surface area (Å²) in [5.74, 6) is 0.705. The average Bonchev–Trinajstić information content (AvgIpc) is 3.12. The molecule has 2 atom stereocenters. The molecule has 2 aliphatic carbocycles. The maximum absolute atomic E-state index is 11.6. The second-order valence-corrected chi connectivity index (χ2v) is 5.92. The van der Waals surface area contributed by atoms with Gasteiger partial charge in [0, 0.05) is 18.5 Å². The van der Waals surface area contributed by atoms with Crippen LogP contribution < -0.4 is 10.6 Å². The van der Waals surface area contributed by atoms with Crippen LogP contribution in [0.5, 0.6) is 0 Å². The summed E-state index contributed by atoms with van der Waals surface area (Å²) in [5, 5.41) is 15.8. The number of rotatable bonds is 4. The first-order valence-corrected chi connectivity index (χ1v) is 6.80. The summed E-state index contributed by atoms with van der Waals surface area (Å²) < 4.78 is 0. The zero-order valence-electron chi connectivity index (χ0n) is 10.7. The van der Waals surface area contributed by atoms with E-state index in [1.807, 2.05) is 0 Å². The lowest BCUT2D eigenvalue weighted by atomic mass is 9.73. The molecule has 0 aliphatic heterocycles. The fraction of sp³-hybridized carbons (Fsp3) is 0.923. The fourth-order valence-corrected chi connectivity index (χ4v) is 2.49. The molecule has 3 N–H and O–H groups in total. The van der Waals surface area contributed by atoms with Crippen molar-refractivity contribution < 1.29 is 9.90 Å². The Balaban J connectivity index is 1.69. The van der Waals surface area contributed by atoms with Gasteiger partial charge in [-0.25, -0.2) is 4.79 Å². The molecule has 0 aromatic heterocycles. The Kier molecular flexibility index (Phi) is 3.92. The van der Waals surface area contributed by atoms with Crippen LogP contribution in [-0.2, 0) is 0 Å². The van der Waals surface area contributed by atoms with Gasteiger partial charge < -0.3 is 15.7 Å². The molecular weight excluding hydrogens is 216 g/mol. The molecule has 0 aromatic carbocycles. The monoisotopic (exact) mass is 240 g/mol.